The fraction of sp³-hybridized carbons (Fsp3) is 0.600. The van der Waals surface area contributed by atoms with Gasteiger partial charge in [0, 0.05) is 22.5 Å². The van der Waals surface area contributed by atoms with Gasteiger partial charge in [-0.25, -0.2) is 0 Å². The molecular weight excluding hydrogens is 290 g/mol. The summed E-state index contributed by atoms with van der Waals surface area (Å²) in [4.78, 5) is 0. The highest BCUT2D eigenvalue weighted by Crippen LogP contribution is 2.46. The van der Waals surface area contributed by atoms with Crippen LogP contribution in [0.5, 0.6) is 5.75 Å². The molecule has 1 aliphatic carbocycles. The van der Waals surface area contributed by atoms with E-state index in [2.05, 4.69) is 46.4 Å². The lowest BCUT2D eigenvalue weighted by Crippen LogP contribution is -2.41. The Morgan fingerprint density at radius 2 is 2.22 bits per heavy atom. The molecule has 2 aliphatic rings. The molecule has 1 saturated carbocycles. The highest BCUT2D eigenvalue weighted by Gasteiger charge is 2.40. The van der Waals surface area contributed by atoms with Gasteiger partial charge >= 0.3 is 0 Å². The molecule has 2 atom stereocenters. The van der Waals surface area contributed by atoms with Crippen molar-refractivity contribution < 1.29 is 4.74 Å². The molecule has 2 unspecified atom stereocenters. The molecular formula is C15H20BrNO. The average molecular weight is 310 g/mol. The first kappa shape index (κ1) is 12.5. The molecule has 3 heteroatoms. The molecule has 0 bridgehead atoms. The SMILES string of the molecule is CNC1CC(C)(CC2CC2)Oc2ccc(Br)cc21. The summed E-state index contributed by atoms with van der Waals surface area (Å²) in [6.07, 6.45) is 5.02. The zero-order valence-corrected chi connectivity index (χ0v) is 12.6. The Labute approximate surface area is 117 Å². The molecule has 1 aromatic rings. The van der Waals surface area contributed by atoms with E-state index >= 15 is 0 Å². The van der Waals surface area contributed by atoms with Crippen molar-refractivity contribution >= 4 is 15.9 Å². The summed E-state index contributed by atoms with van der Waals surface area (Å²) in [6, 6.07) is 6.73. The van der Waals surface area contributed by atoms with Gasteiger partial charge in [-0.2, -0.15) is 0 Å². The van der Waals surface area contributed by atoms with Crippen LogP contribution < -0.4 is 10.1 Å². The third-order valence-electron chi connectivity index (χ3n) is 4.11. The molecule has 0 aromatic heterocycles. The Bertz CT molecular complexity index is 458. The van der Waals surface area contributed by atoms with E-state index in [0.29, 0.717) is 6.04 Å². The lowest BCUT2D eigenvalue weighted by Gasteiger charge is -2.40. The van der Waals surface area contributed by atoms with Crippen molar-refractivity contribution in [3.8, 4) is 5.75 Å². The summed E-state index contributed by atoms with van der Waals surface area (Å²) in [5.74, 6) is 1.94. The highest BCUT2D eigenvalue weighted by atomic mass is 79.9. The maximum Gasteiger partial charge on any atom is 0.124 e. The van der Waals surface area contributed by atoms with Crippen molar-refractivity contribution in [3.05, 3.63) is 28.2 Å². The first-order valence-electron chi connectivity index (χ1n) is 6.75. The largest absolute Gasteiger partial charge is 0.487 e. The van der Waals surface area contributed by atoms with E-state index < -0.39 is 0 Å². The van der Waals surface area contributed by atoms with Crippen LogP contribution in [0.15, 0.2) is 22.7 Å². The number of ether oxygens (including phenoxy) is 1. The van der Waals surface area contributed by atoms with Gasteiger partial charge in [-0.3, -0.25) is 0 Å². The third kappa shape index (κ3) is 2.43. The minimum atomic E-state index is -0.00429. The molecule has 1 aliphatic heterocycles. The molecule has 98 valence electrons. The van der Waals surface area contributed by atoms with E-state index in [1.807, 2.05) is 7.05 Å². The Kier molecular flexibility index (Phi) is 3.15. The second-order valence-electron chi connectivity index (χ2n) is 5.93. The van der Waals surface area contributed by atoms with Gasteiger partial charge in [-0.05, 0) is 44.5 Å². The summed E-state index contributed by atoms with van der Waals surface area (Å²) >= 11 is 3.54. The molecule has 18 heavy (non-hydrogen) atoms. The van der Waals surface area contributed by atoms with Gasteiger partial charge in [-0.15, -0.1) is 0 Å². The Balaban J connectivity index is 1.90. The smallest absolute Gasteiger partial charge is 0.124 e. The molecule has 0 amide bonds. The number of hydrogen-bond donors (Lipinski definition) is 1. The molecule has 1 fully saturated rings. The summed E-state index contributed by atoms with van der Waals surface area (Å²) in [7, 11) is 2.04. The van der Waals surface area contributed by atoms with E-state index in [9.17, 15) is 0 Å². The van der Waals surface area contributed by atoms with Crippen LogP contribution in [0.25, 0.3) is 0 Å². The van der Waals surface area contributed by atoms with Gasteiger partial charge in [0.05, 0.1) is 0 Å². The van der Waals surface area contributed by atoms with Crippen LogP contribution in [-0.4, -0.2) is 12.6 Å². The molecule has 1 aromatic carbocycles. The van der Waals surface area contributed by atoms with E-state index in [1.54, 1.807) is 0 Å². The lowest BCUT2D eigenvalue weighted by atomic mass is 9.85. The number of nitrogens with one attached hydrogen (secondary N) is 1. The molecule has 2 nitrogen and oxygen atoms in total. The van der Waals surface area contributed by atoms with Crippen molar-refractivity contribution in [2.75, 3.05) is 7.05 Å². The predicted molar refractivity (Wildman–Crippen MR) is 76.9 cm³/mol. The molecule has 3 rings (SSSR count). The number of benzene rings is 1. The minimum absolute atomic E-state index is 0.00429. The number of rotatable bonds is 3. The summed E-state index contributed by atoms with van der Waals surface area (Å²) in [5.41, 5.74) is 1.27. The highest BCUT2D eigenvalue weighted by molar-refractivity contribution is 9.10. The Morgan fingerprint density at radius 1 is 1.44 bits per heavy atom. The quantitative estimate of drug-likeness (QED) is 0.909. The number of halogens is 1. The van der Waals surface area contributed by atoms with E-state index in [1.165, 1.54) is 24.8 Å². The van der Waals surface area contributed by atoms with Crippen LogP contribution in [0.1, 0.15) is 44.2 Å². The van der Waals surface area contributed by atoms with Gasteiger partial charge < -0.3 is 10.1 Å². The fourth-order valence-electron chi connectivity index (χ4n) is 3.05. The van der Waals surface area contributed by atoms with Crippen molar-refractivity contribution in [3.63, 3.8) is 0 Å². The summed E-state index contributed by atoms with van der Waals surface area (Å²) in [5, 5.41) is 3.44. The number of fused-ring (bicyclic) bond motifs is 1. The van der Waals surface area contributed by atoms with Gasteiger partial charge in [0.1, 0.15) is 11.4 Å². The van der Waals surface area contributed by atoms with Crippen molar-refractivity contribution in [2.24, 2.45) is 5.92 Å². The summed E-state index contributed by atoms with van der Waals surface area (Å²) < 4.78 is 7.42. The Morgan fingerprint density at radius 3 is 2.89 bits per heavy atom. The third-order valence-corrected chi connectivity index (χ3v) is 4.60. The zero-order valence-electron chi connectivity index (χ0n) is 11.0. The average Bonchev–Trinajstić information content (AvgIpc) is 3.12. The molecule has 0 radical (unpaired) electrons. The maximum atomic E-state index is 6.30. The van der Waals surface area contributed by atoms with E-state index in [4.69, 9.17) is 4.74 Å². The van der Waals surface area contributed by atoms with Gasteiger partial charge in [0.2, 0.25) is 0 Å². The van der Waals surface area contributed by atoms with Crippen LogP contribution in [0.4, 0.5) is 0 Å². The van der Waals surface area contributed by atoms with Crippen LogP contribution in [0.3, 0.4) is 0 Å². The van der Waals surface area contributed by atoms with E-state index in [-0.39, 0.29) is 5.60 Å². The first-order chi connectivity index (χ1) is 8.59. The maximum absolute atomic E-state index is 6.30. The standard InChI is InChI=1S/C15H20BrNO/c1-15(8-10-3-4-10)9-13(17-2)12-7-11(16)5-6-14(12)18-15/h5-7,10,13,17H,3-4,8-9H2,1-2H3. The molecule has 1 heterocycles. The second kappa shape index (κ2) is 4.53. The second-order valence-corrected chi connectivity index (χ2v) is 6.84. The molecule has 0 spiro atoms. The monoisotopic (exact) mass is 309 g/mol. The van der Waals surface area contributed by atoms with Gasteiger partial charge in [-0.1, -0.05) is 28.8 Å². The fourth-order valence-corrected chi connectivity index (χ4v) is 3.43. The van der Waals surface area contributed by atoms with Gasteiger partial charge in [0.15, 0.2) is 0 Å². The van der Waals surface area contributed by atoms with Crippen molar-refractivity contribution in [1.82, 2.24) is 5.32 Å². The first-order valence-corrected chi connectivity index (χ1v) is 7.55. The van der Waals surface area contributed by atoms with Crippen LogP contribution in [0, 0.1) is 5.92 Å². The summed E-state index contributed by atoms with van der Waals surface area (Å²) in [6.45, 7) is 2.26. The van der Waals surface area contributed by atoms with E-state index in [0.717, 1.165) is 22.6 Å². The normalized spacial score (nSPS) is 30.7. The van der Waals surface area contributed by atoms with Gasteiger partial charge in [0.25, 0.3) is 0 Å². The minimum Gasteiger partial charge on any atom is -0.487 e. The van der Waals surface area contributed by atoms with Crippen LogP contribution in [0.2, 0.25) is 0 Å². The molecule has 0 saturated heterocycles. The predicted octanol–water partition coefficient (Wildman–Crippen LogP) is 4.05. The Hall–Kier alpha value is -0.540. The topological polar surface area (TPSA) is 21.3 Å². The van der Waals surface area contributed by atoms with Crippen LogP contribution in [-0.2, 0) is 0 Å². The number of hydrogen-bond acceptors (Lipinski definition) is 2. The zero-order chi connectivity index (χ0) is 12.8. The van der Waals surface area contributed by atoms with Crippen molar-refractivity contribution in [2.45, 2.75) is 44.2 Å². The lowest BCUT2D eigenvalue weighted by molar-refractivity contribution is 0.0357. The van der Waals surface area contributed by atoms with Crippen LogP contribution >= 0.6 is 15.9 Å². The van der Waals surface area contributed by atoms with Crippen molar-refractivity contribution in [1.29, 1.82) is 0 Å². The molecule has 1 N–H and O–H groups in total.